The van der Waals surface area contributed by atoms with Gasteiger partial charge < -0.3 is 14.2 Å². The molecule has 0 spiro atoms. The highest BCUT2D eigenvalue weighted by Gasteiger charge is 2.22. The predicted molar refractivity (Wildman–Crippen MR) is 127 cm³/mol. The van der Waals surface area contributed by atoms with Crippen molar-refractivity contribution in [2.45, 2.75) is 0 Å². The van der Waals surface area contributed by atoms with Crippen molar-refractivity contribution in [3.8, 4) is 5.75 Å². The molecule has 5 rings (SSSR count). The molecule has 1 saturated heterocycles. The van der Waals surface area contributed by atoms with Gasteiger partial charge in [-0.2, -0.15) is 0 Å². The number of methoxy groups -OCH3 is 1. The fourth-order valence-electron chi connectivity index (χ4n) is 4.40. The molecule has 3 heterocycles. The molecule has 4 aromatic rings. The van der Waals surface area contributed by atoms with E-state index in [0.717, 1.165) is 66.2 Å². The van der Waals surface area contributed by atoms with Crippen LogP contribution in [0.5, 0.6) is 5.75 Å². The second kappa shape index (κ2) is 8.40. The molecule has 1 aliphatic heterocycles. The van der Waals surface area contributed by atoms with Gasteiger partial charge in [-0.05, 0) is 23.8 Å². The third-order valence-corrected chi connectivity index (χ3v) is 6.10. The Morgan fingerprint density at radius 2 is 1.81 bits per heavy atom. The van der Waals surface area contributed by atoms with Crippen LogP contribution in [0.1, 0.15) is 5.56 Å². The van der Waals surface area contributed by atoms with E-state index in [1.165, 1.54) is 5.56 Å². The Balaban J connectivity index is 1.34. The number of nitrogens with zero attached hydrogens (tertiary/aromatic N) is 5. The van der Waals surface area contributed by atoms with Gasteiger partial charge in [-0.3, -0.25) is 4.90 Å². The Hall–Kier alpha value is -3.38. The predicted octanol–water partition coefficient (Wildman–Crippen LogP) is 3.97. The Labute approximate surface area is 182 Å². The lowest BCUT2D eigenvalue weighted by Crippen LogP contribution is -2.46. The van der Waals surface area contributed by atoms with E-state index in [1.807, 2.05) is 12.1 Å². The third-order valence-electron chi connectivity index (χ3n) is 6.10. The van der Waals surface area contributed by atoms with Gasteiger partial charge in [-0.15, -0.1) is 0 Å². The zero-order valence-electron chi connectivity index (χ0n) is 18.0. The molecule has 1 aliphatic rings. The van der Waals surface area contributed by atoms with Crippen molar-refractivity contribution in [1.29, 1.82) is 0 Å². The van der Waals surface area contributed by atoms with Crippen molar-refractivity contribution in [3.05, 3.63) is 66.5 Å². The number of ether oxygens (including phenoxy) is 1. The van der Waals surface area contributed by atoms with E-state index in [2.05, 4.69) is 79.9 Å². The van der Waals surface area contributed by atoms with Crippen LogP contribution >= 0.6 is 0 Å². The molecule has 6 heteroatoms. The lowest BCUT2D eigenvalue weighted by molar-refractivity contribution is 0.284. The number of rotatable bonds is 5. The van der Waals surface area contributed by atoms with Gasteiger partial charge in [-0.25, -0.2) is 9.97 Å². The normalized spacial score (nSPS) is 15.4. The standard InChI is InChI=1S/C25H27N5O/c1-28-22-11-10-20(31-2)17-21(22)23-24(28)25(27-18-26-23)30-15-13-29(14-16-30)12-6-9-19-7-4-3-5-8-19/h3-11,17-18H,12-16H2,1-2H3. The summed E-state index contributed by atoms with van der Waals surface area (Å²) >= 11 is 0. The SMILES string of the molecule is COc1ccc2c(c1)c1ncnc(N3CCN(CC=Cc4ccccc4)CC3)c1n2C. The number of hydrogen-bond acceptors (Lipinski definition) is 5. The van der Waals surface area contributed by atoms with Crippen molar-refractivity contribution in [3.63, 3.8) is 0 Å². The minimum atomic E-state index is 0.845. The van der Waals surface area contributed by atoms with E-state index in [1.54, 1.807) is 13.4 Å². The molecule has 2 aromatic carbocycles. The van der Waals surface area contributed by atoms with Crippen LogP contribution < -0.4 is 9.64 Å². The molecule has 0 atom stereocenters. The second-order valence-corrected chi connectivity index (χ2v) is 7.94. The molecule has 0 N–H and O–H groups in total. The summed E-state index contributed by atoms with van der Waals surface area (Å²) in [6, 6.07) is 16.6. The maximum Gasteiger partial charge on any atom is 0.156 e. The Bertz CT molecular complexity index is 1220. The molecule has 0 radical (unpaired) electrons. The maximum atomic E-state index is 5.43. The second-order valence-electron chi connectivity index (χ2n) is 7.94. The molecule has 1 fully saturated rings. The Kier molecular flexibility index (Phi) is 5.30. The number of benzene rings is 2. The average molecular weight is 414 g/mol. The van der Waals surface area contributed by atoms with Crippen LogP contribution in [-0.4, -0.2) is 59.3 Å². The third kappa shape index (κ3) is 3.75. The fourth-order valence-corrected chi connectivity index (χ4v) is 4.40. The monoisotopic (exact) mass is 413 g/mol. The molecule has 0 aliphatic carbocycles. The summed E-state index contributed by atoms with van der Waals surface area (Å²) in [6.07, 6.45) is 6.14. The smallest absolute Gasteiger partial charge is 0.156 e. The Morgan fingerprint density at radius 1 is 1.00 bits per heavy atom. The number of anilines is 1. The zero-order valence-corrected chi connectivity index (χ0v) is 18.0. The van der Waals surface area contributed by atoms with Crippen LogP contribution in [-0.2, 0) is 7.05 Å². The highest BCUT2D eigenvalue weighted by Crippen LogP contribution is 2.34. The van der Waals surface area contributed by atoms with Crippen molar-refractivity contribution < 1.29 is 4.74 Å². The van der Waals surface area contributed by atoms with Gasteiger partial charge in [0.05, 0.1) is 12.6 Å². The van der Waals surface area contributed by atoms with Gasteiger partial charge in [0.25, 0.3) is 0 Å². The van der Waals surface area contributed by atoms with E-state index < -0.39 is 0 Å². The van der Waals surface area contributed by atoms with Crippen LogP contribution in [0.3, 0.4) is 0 Å². The summed E-state index contributed by atoms with van der Waals surface area (Å²) < 4.78 is 7.63. The minimum Gasteiger partial charge on any atom is -0.497 e. The first kappa shape index (κ1) is 19.6. The summed E-state index contributed by atoms with van der Waals surface area (Å²) in [5.41, 5.74) is 4.46. The number of aromatic nitrogens is 3. The van der Waals surface area contributed by atoms with Gasteiger partial charge in [0.2, 0.25) is 0 Å². The summed E-state index contributed by atoms with van der Waals surface area (Å²) in [6.45, 7) is 4.91. The number of hydrogen-bond donors (Lipinski definition) is 0. The molecule has 0 unspecified atom stereocenters. The van der Waals surface area contributed by atoms with Crippen LogP contribution in [0.2, 0.25) is 0 Å². The highest BCUT2D eigenvalue weighted by molar-refractivity contribution is 6.09. The van der Waals surface area contributed by atoms with Crippen molar-refractivity contribution >= 4 is 33.8 Å². The molecule has 0 bridgehead atoms. The largest absolute Gasteiger partial charge is 0.497 e. The molecule has 0 saturated carbocycles. The lowest BCUT2D eigenvalue weighted by atomic mass is 10.2. The van der Waals surface area contributed by atoms with Crippen LogP contribution in [0.25, 0.3) is 28.0 Å². The first-order chi connectivity index (χ1) is 15.2. The van der Waals surface area contributed by atoms with E-state index in [0.29, 0.717) is 0 Å². The van der Waals surface area contributed by atoms with E-state index in [-0.39, 0.29) is 0 Å². The number of aryl methyl sites for hydroxylation is 1. The van der Waals surface area contributed by atoms with Crippen LogP contribution in [0, 0.1) is 0 Å². The molecule has 0 amide bonds. The average Bonchev–Trinajstić information content (AvgIpc) is 3.12. The molecule has 6 nitrogen and oxygen atoms in total. The van der Waals surface area contributed by atoms with Gasteiger partial charge in [0.15, 0.2) is 5.82 Å². The first-order valence-corrected chi connectivity index (χ1v) is 10.7. The first-order valence-electron chi connectivity index (χ1n) is 10.7. The van der Waals surface area contributed by atoms with E-state index >= 15 is 0 Å². The highest BCUT2D eigenvalue weighted by atomic mass is 16.5. The summed E-state index contributed by atoms with van der Waals surface area (Å²) in [4.78, 5) is 14.2. The van der Waals surface area contributed by atoms with E-state index in [4.69, 9.17) is 4.74 Å². The summed E-state index contributed by atoms with van der Waals surface area (Å²) in [7, 11) is 3.79. The zero-order chi connectivity index (χ0) is 21.2. The Morgan fingerprint density at radius 3 is 2.58 bits per heavy atom. The van der Waals surface area contributed by atoms with Crippen LogP contribution in [0.4, 0.5) is 5.82 Å². The lowest BCUT2D eigenvalue weighted by Gasteiger charge is -2.35. The number of piperazine rings is 1. The summed E-state index contributed by atoms with van der Waals surface area (Å²) in [5.74, 6) is 1.86. The van der Waals surface area contributed by atoms with E-state index in [9.17, 15) is 0 Å². The van der Waals surface area contributed by atoms with Gasteiger partial charge in [0, 0.05) is 45.2 Å². The fraction of sp³-hybridized carbons (Fsp3) is 0.280. The minimum absolute atomic E-state index is 0.845. The quantitative estimate of drug-likeness (QED) is 0.496. The molecule has 31 heavy (non-hydrogen) atoms. The molecular weight excluding hydrogens is 386 g/mol. The topological polar surface area (TPSA) is 46.4 Å². The van der Waals surface area contributed by atoms with Gasteiger partial charge >= 0.3 is 0 Å². The molecule has 158 valence electrons. The summed E-state index contributed by atoms with van der Waals surface area (Å²) in [5, 5.41) is 1.10. The maximum absolute atomic E-state index is 5.43. The molecule has 2 aromatic heterocycles. The van der Waals surface area contributed by atoms with Crippen molar-refractivity contribution in [1.82, 2.24) is 19.4 Å². The van der Waals surface area contributed by atoms with Gasteiger partial charge in [-0.1, -0.05) is 42.5 Å². The number of fused-ring (bicyclic) bond motifs is 3. The molecular formula is C25H27N5O. The van der Waals surface area contributed by atoms with Gasteiger partial charge in [0.1, 0.15) is 23.1 Å². The van der Waals surface area contributed by atoms with Crippen molar-refractivity contribution in [2.24, 2.45) is 7.05 Å². The van der Waals surface area contributed by atoms with Crippen molar-refractivity contribution in [2.75, 3.05) is 44.7 Å². The van der Waals surface area contributed by atoms with Crippen LogP contribution in [0.15, 0.2) is 60.9 Å².